The number of hydrogen-bond donors (Lipinski definition) is 0. The van der Waals surface area contributed by atoms with Crippen LogP contribution in [0.1, 0.15) is 36.7 Å². The van der Waals surface area contributed by atoms with Crippen molar-refractivity contribution in [2.75, 3.05) is 14.2 Å². The molecule has 0 amide bonds. The Kier molecular flexibility index (Phi) is 3.94. The highest BCUT2D eigenvalue weighted by atomic mass is 16.6. The molecule has 1 aliphatic carbocycles. The van der Waals surface area contributed by atoms with Gasteiger partial charge in [0.25, 0.3) is 0 Å². The van der Waals surface area contributed by atoms with Gasteiger partial charge in [-0.05, 0) is 38.8 Å². The summed E-state index contributed by atoms with van der Waals surface area (Å²) in [5.41, 5.74) is 0.592. The molecular formula is C16H20O5. The molecule has 0 radical (unpaired) electrons. The smallest absolute Gasteiger partial charge is 0.317 e. The Bertz CT molecular complexity index is 583. The van der Waals surface area contributed by atoms with Crippen molar-refractivity contribution in [3.05, 3.63) is 23.3 Å². The Morgan fingerprint density at radius 1 is 1.19 bits per heavy atom. The van der Waals surface area contributed by atoms with Gasteiger partial charge in [0.15, 0.2) is 17.3 Å². The number of carbonyl (C=O) groups excluding carboxylic acids is 2. The number of esters is 1. The largest absolute Gasteiger partial charge is 0.493 e. The van der Waals surface area contributed by atoms with Crippen LogP contribution in [0, 0.1) is 5.92 Å². The monoisotopic (exact) mass is 292 g/mol. The molecule has 1 aromatic rings. The first kappa shape index (κ1) is 15.4. The van der Waals surface area contributed by atoms with Gasteiger partial charge >= 0.3 is 5.97 Å². The van der Waals surface area contributed by atoms with Gasteiger partial charge in [-0.2, -0.15) is 0 Å². The van der Waals surface area contributed by atoms with E-state index in [2.05, 4.69) is 0 Å². The van der Waals surface area contributed by atoms with Gasteiger partial charge in [0.2, 0.25) is 0 Å². The van der Waals surface area contributed by atoms with Crippen molar-refractivity contribution >= 4 is 11.8 Å². The average molecular weight is 292 g/mol. The van der Waals surface area contributed by atoms with E-state index < -0.39 is 17.5 Å². The molecule has 21 heavy (non-hydrogen) atoms. The molecule has 0 fully saturated rings. The van der Waals surface area contributed by atoms with Gasteiger partial charge in [-0.3, -0.25) is 9.59 Å². The van der Waals surface area contributed by atoms with E-state index in [1.165, 1.54) is 14.2 Å². The first-order chi connectivity index (χ1) is 9.78. The zero-order chi connectivity index (χ0) is 15.8. The maximum atomic E-state index is 12.5. The molecule has 0 N–H and O–H groups in total. The van der Waals surface area contributed by atoms with E-state index in [1.54, 1.807) is 32.9 Å². The van der Waals surface area contributed by atoms with Gasteiger partial charge in [0.1, 0.15) is 11.5 Å². The quantitative estimate of drug-likeness (QED) is 0.632. The summed E-state index contributed by atoms with van der Waals surface area (Å²) in [5.74, 6) is -0.708. The summed E-state index contributed by atoms with van der Waals surface area (Å²) in [6.07, 6.45) is 0.337. The molecule has 2 rings (SSSR count). The lowest BCUT2D eigenvalue weighted by molar-refractivity contribution is -0.157. The van der Waals surface area contributed by atoms with Crippen LogP contribution in [0.2, 0.25) is 0 Å². The van der Waals surface area contributed by atoms with E-state index in [4.69, 9.17) is 14.2 Å². The zero-order valence-electron chi connectivity index (χ0n) is 13.0. The Hall–Kier alpha value is -2.04. The molecule has 0 aliphatic heterocycles. The molecule has 0 spiro atoms. The van der Waals surface area contributed by atoms with Crippen LogP contribution in [0.4, 0.5) is 0 Å². The molecule has 114 valence electrons. The molecule has 1 aliphatic rings. The molecule has 0 saturated heterocycles. The van der Waals surface area contributed by atoms with E-state index in [9.17, 15) is 9.59 Å². The van der Waals surface area contributed by atoms with Gasteiger partial charge in [-0.25, -0.2) is 0 Å². The van der Waals surface area contributed by atoms with Crippen molar-refractivity contribution < 1.29 is 23.8 Å². The maximum Gasteiger partial charge on any atom is 0.317 e. The minimum atomic E-state index is -0.805. The molecule has 1 atom stereocenters. The van der Waals surface area contributed by atoms with Crippen molar-refractivity contribution in [3.8, 4) is 11.5 Å². The van der Waals surface area contributed by atoms with Crippen LogP contribution in [0.3, 0.4) is 0 Å². The third-order valence-corrected chi connectivity index (χ3v) is 3.31. The second-order valence-corrected chi connectivity index (χ2v) is 5.99. The summed E-state index contributed by atoms with van der Waals surface area (Å²) < 4.78 is 15.8. The lowest BCUT2D eigenvalue weighted by Gasteiger charge is -2.21. The van der Waals surface area contributed by atoms with Gasteiger partial charge in [-0.1, -0.05) is 6.07 Å². The van der Waals surface area contributed by atoms with Gasteiger partial charge in [0.05, 0.1) is 19.8 Å². The minimum Gasteiger partial charge on any atom is -0.493 e. The first-order valence-corrected chi connectivity index (χ1v) is 6.79. The lowest BCUT2D eigenvalue weighted by atomic mass is 10.0. The van der Waals surface area contributed by atoms with Crippen LogP contribution in [0.25, 0.3) is 0 Å². The highest BCUT2D eigenvalue weighted by Gasteiger charge is 2.41. The molecular weight excluding hydrogens is 272 g/mol. The van der Waals surface area contributed by atoms with E-state index in [0.29, 0.717) is 23.5 Å². The van der Waals surface area contributed by atoms with Crippen molar-refractivity contribution in [2.45, 2.75) is 32.8 Å². The summed E-state index contributed by atoms with van der Waals surface area (Å²) in [6, 6.07) is 3.53. The van der Waals surface area contributed by atoms with Gasteiger partial charge in [-0.15, -0.1) is 0 Å². The van der Waals surface area contributed by atoms with Crippen LogP contribution in [-0.4, -0.2) is 31.6 Å². The third kappa shape index (κ3) is 2.86. The van der Waals surface area contributed by atoms with Gasteiger partial charge in [0, 0.05) is 0 Å². The van der Waals surface area contributed by atoms with Crippen LogP contribution >= 0.6 is 0 Å². The molecule has 5 heteroatoms. The molecule has 0 bridgehead atoms. The minimum absolute atomic E-state index is 0.269. The molecule has 5 nitrogen and oxygen atoms in total. The van der Waals surface area contributed by atoms with Crippen molar-refractivity contribution in [2.24, 2.45) is 5.92 Å². The summed E-state index contributed by atoms with van der Waals surface area (Å²) in [7, 11) is 2.99. The van der Waals surface area contributed by atoms with Crippen LogP contribution < -0.4 is 9.47 Å². The van der Waals surface area contributed by atoms with E-state index >= 15 is 0 Å². The number of rotatable bonds is 3. The molecule has 0 saturated carbocycles. The Morgan fingerprint density at radius 3 is 2.38 bits per heavy atom. The summed E-state index contributed by atoms with van der Waals surface area (Å²) in [4.78, 5) is 24.7. The van der Waals surface area contributed by atoms with Crippen molar-refractivity contribution in [1.29, 1.82) is 0 Å². The zero-order valence-corrected chi connectivity index (χ0v) is 13.0. The number of ether oxygens (including phenoxy) is 3. The van der Waals surface area contributed by atoms with Crippen LogP contribution in [-0.2, 0) is 16.0 Å². The van der Waals surface area contributed by atoms with Crippen molar-refractivity contribution in [1.82, 2.24) is 0 Å². The number of hydrogen-bond acceptors (Lipinski definition) is 5. The molecule has 0 heterocycles. The Balaban J connectivity index is 2.35. The fourth-order valence-electron chi connectivity index (χ4n) is 2.46. The van der Waals surface area contributed by atoms with E-state index in [0.717, 1.165) is 5.56 Å². The topological polar surface area (TPSA) is 61.8 Å². The predicted molar refractivity (Wildman–Crippen MR) is 76.9 cm³/mol. The van der Waals surface area contributed by atoms with Crippen molar-refractivity contribution in [3.63, 3.8) is 0 Å². The van der Waals surface area contributed by atoms with Crippen LogP contribution in [0.15, 0.2) is 12.1 Å². The predicted octanol–water partition coefficient (Wildman–Crippen LogP) is 2.40. The molecule has 0 aromatic heterocycles. The second kappa shape index (κ2) is 5.39. The summed E-state index contributed by atoms with van der Waals surface area (Å²) in [5, 5.41) is 0. The summed E-state index contributed by atoms with van der Waals surface area (Å²) in [6.45, 7) is 5.34. The normalized spacial score (nSPS) is 17.4. The highest BCUT2D eigenvalue weighted by molar-refractivity contribution is 6.14. The molecule has 1 aromatic carbocycles. The number of methoxy groups -OCH3 is 2. The Labute approximate surface area is 124 Å². The number of benzene rings is 1. The number of Topliss-reactive ketones (excluding diaryl/α,β-unsaturated/α-hetero) is 1. The number of fused-ring (bicyclic) bond motifs is 1. The maximum absolute atomic E-state index is 12.5. The van der Waals surface area contributed by atoms with E-state index in [-0.39, 0.29) is 5.78 Å². The molecule has 1 unspecified atom stereocenters. The highest BCUT2D eigenvalue weighted by Crippen LogP contribution is 2.40. The first-order valence-electron chi connectivity index (χ1n) is 6.79. The van der Waals surface area contributed by atoms with Crippen LogP contribution in [0.5, 0.6) is 11.5 Å². The second-order valence-electron chi connectivity index (χ2n) is 5.99. The lowest BCUT2D eigenvalue weighted by Crippen LogP contribution is -2.31. The third-order valence-electron chi connectivity index (χ3n) is 3.31. The average Bonchev–Trinajstić information content (AvgIpc) is 2.73. The fraction of sp³-hybridized carbons (Fsp3) is 0.500. The SMILES string of the molecule is COc1ccc2c(c1OC)C(=O)C(C(=O)OC(C)(C)C)C2. The summed E-state index contributed by atoms with van der Waals surface area (Å²) >= 11 is 0. The van der Waals surface area contributed by atoms with Gasteiger partial charge < -0.3 is 14.2 Å². The standard InChI is InChI=1S/C16H20O5/c1-16(2,3)21-15(18)10-8-9-6-7-11(19-4)14(20-5)12(9)13(10)17/h6-7,10H,8H2,1-5H3. The Morgan fingerprint density at radius 2 is 1.86 bits per heavy atom. The fourth-order valence-corrected chi connectivity index (χ4v) is 2.46. The van der Waals surface area contributed by atoms with E-state index in [1.807, 2.05) is 0 Å². The number of carbonyl (C=O) groups is 2. The number of ketones is 1.